The van der Waals surface area contributed by atoms with Gasteiger partial charge in [-0.2, -0.15) is 4.98 Å². The normalized spacial score (nSPS) is 14.4. The van der Waals surface area contributed by atoms with Gasteiger partial charge in [-0.1, -0.05) is 0 Å². The summed E-state index contributed by atoms with van der Waals surface area (Å²) in [6.45, 7) is 1.66. The SMILES string of the molecule is O=Cc1nc2n(n1)CCN2. The third kappa shape index (κ3) is 0.601. The molecule has 1 aliphatic heterocycles. The van der Waals surface area contributed by atoms with Gasteiger partial charge in [-0.25, -0.2) is 4.68 Å². The maximum Gasteiger partial charge on any atom is 0.221 e. The summed E-state index contributed by atoms with van der Waals surface area (Å²) in [6, 6.07) is 0. The molecule has 0 saturated carbocycles. The van der Waals surface area contributed by atoms with Crippen molar-refractivity contribution in [2.24, 2.45) is 0 Å². The van der Waals surface area contributed by atoms with E-state index in [0.717, 1.165) is 13.1 Å². The van der Waals surface area contributed by atoms with Crippen LogP contribution in [0.1, 0.15) is 10.6 Å². The third-order valence-electron chi connectivity index (χ3n) is 1.40. The Balaban J connectivity index is 2.46. The van der Waals surface area contributed by atoms with Crippen molar-refractivity contribution in [1.82, 2.24) is 14.8 Å². The molecule has 0 aliphatic carbocycles. The lowest BCUT2D eigenvalue weighted by atomic mass is 10.7. The van der Waals surface area contributed by atoms with Crippen molar-refractivity contribution in [2.45, 2.75) is 6.54 Å². The van der Waals surface area contributed by atoms with Crippen LogP contribution >= 0.6 is 0 Å². The number of anilines is 1. The summed E-state index contributed by atoms with van der Waals surface area (Å²) in [5.41, 5.74) is 0. The van der Waals surface area contributed by atoms with E-state index < -0.39 is 0 Å². The van der Waals surface area contributed by atoms with E-state index in [-0.39, 0.29) is 5.82 Å². The maximum absolute atomic E-state index is 10.1. The van der Waals surface area contributed by atoms with E-state index >= 15 is 0 Å². The highest BCUT2D eigenvalue weighted by molar-refractivity contribution is 5.69. The standard InChI is InChI=1S/C5H6N4O/c10-3-4-7-5-6-1-2-9(5)8-4/h3H,1-2H2,(H,6,7,8). The summed E-state index contributed by atoms with van der Waals surface area (Å²) in [5, 5.41) is 6.87. The second-order valence-corrected chi connectivity index (χ2v) is 2.06. The molecule has 1 aliphatic rings. The second-order valence-electron chi connectivity index (χ2n) is 2.06. The fraction of sp³-hybridized carbons (Fsp3) is 0.400. The minimum atomic E-state index is 0.252. The van der Waals surface area contributed by atoms with Crippen LogP contribution in [-0.2, 0) is 6.54 Å². The van der Waals surface area contributed by atoms with E-state index in [9.17, 15) is 4.79 Å². The van der Waals surface area contributed by atoms with Gasteiger partial charge in [0.25, 0.3) is 0 Å². The molecule has 0 atom stereocenters. The largest absolute Gasteiger partial charge is 0.353 e. The molecule has 2 heterocycles. The van der Waals surface area contributed by atoms with E-state index in [4.69, 9.17) is 0 Å². The molecule has 2 rings (SSSR count). The highest BCUT2D eigenvalue weighted by atomic mass is 16.1. The Morgan fingerprint density at radius 3 is 3.30 bits per heavy atom. The van der Waals surface area contributed by atoms with Crippen LogP contribution in [-0.4, -0.2) is 27.6 Å². The fourth-order valence-corrected chi connectivity index (χ4v) is 0.970. The van der Waals surface area contributed by atoms with Crippen molar-refractivity contribution >= 4 is 12.2 Å². The molecule has 0 aromatic carbocycles. The molecular formula is C5H6N4O. The predicted octanol–water partition coefficient (Wildman–Crippen LogP) is -0.484. The van der Waals surface area contributed by atoms with E-state index in [0.29, 0.717) is 12.2 Å². The summed E-state index contributed by atoms with van der Waals surface area (Å²) in [5.74, 6) is 0.948. The molecule has 0 amide bonds. The van der Waals surface area contributed by atoms with Gasteiger partial charge in [0.05, 0.1) is 6.54 Å². The van der Waals surface area contributed by atoms with Crippen LogP contribution in [0.25, 0.3) is 0 Å². The van der Waals surface area contributed by atoms with Crippen LogP contribution in [0.4, 0.5) is 5.95 Å². The summed E-state index contributed by atoms with van der Waals surface area (Å²) in [7, 11) is 0. The first-order valence-electron chi connectivity index (χ1n) is 3.04. The molecule has 0 fully saturated rings. The van der Waals surface area contributed by atoms with Crippen molar-refractivity contribution in [3.8, 4) is 0 Å². The lowest BCUT2D eigenvalue weighted by Gasteiger charge is -1.84. The molecule has 0 spiro atoms. The average Bonchev–Trinajstić information content (AvgIpc) is 2.42. The van der Waals surface area contributed by atoms with E-state index in [1.165, 1.54) is 0 Å². The van der Waals surface area contributed by atoms with Crippen LogP contribution in [0.2, 0.25) is 0 Å². The lowest BCUT2D eigenvalue weighted by Crippen LogP contribution is -1.98. The monoisotopic (exact) mass is 138 g/mol. The molecule has 10 heavy (non-hydrogen) atoms. The Hall–Kier alpha value is -1.39. The number of hydrogen-bond acceptors (Lipinski definition) is 4. The summed E-state index contributed by atoms with van der Waals surface area (Å²) in [4.78, 5) is 14.0. The number of nitrogens with one attached hydrogen (secondary N) is 1. The van der Waals surface area contributed by atoms with Gasteiger partial charge in [0.1, 0.15) is 0 Å². The number of nitrogens with zero attached hydrogens (tertiary/aromatic N) is 3. The number of carbonyl (C=O) groups is 1. The zero-order valence-electron chi connectivity index (χ0n) is 5.24. The zero-order chi connectivity index (χ0) is 6.97. The molecule has 0 saturated heterocycles. The Bertz CT molecular complexity index is 245. The first kappa shape index (κ1) is 5.40. The van der Waals surface area contributed by atoms with Crippen LogP contribution in [0.3, 0.4) is 0 Å². The van der Waals surface area contributed by atoms with Gasteiger partial charge in [0.15, 0.2) is 6.29 Å². The van der Waals surface area contributed by atoms with Gasteiger partial charge in [-0.15, -0.1) is 5.10 Å². The highest BCUT2D eigenvalue weighted by Gasteiger charge is 2.13. The Kier molecular flexibility index (Phi) is 0.969. The first-order valence-corrected chi connectivity index (χ1v) is 3.04. The Morgan fingerprint density at radius 2 is 2.60 bits per heavy atom. The predicted molar refractivity (Wildman–Crippen MR) is 33.9 cm³/mol. The van der Waals surface area contributed by atoms with Gasteiger partial charge < -0.3 is 5.32 Å². The van der Waals surface area contributed by atoms with Crippen molar-refractivity contribution in [3.05, 3.63) is 5.82 Å². The van der Waals surface area contributed by atoms with Gasteiger partial charge in [-0.3, -0.25) is 4.79 Å². The molecule has 5 heteroatoms. The third-order valence-corrected chi connectivity index (χ3v) is 1.40. The number of carbonyl (C=O) groups excluding carboxylic acids is 1. The molecule has 1 N–H and O–H groups in total. The fourth-order valence-electron chi connectivity index (χ4n) is 0.970. The molecule has 0 unspecified atom stereocenters. The van der Waals surface area contributed by atoms with Gasteiger partial charge in [-0.05, 0) is 0 Å². The lowest BCUT2D eigenvalue weighted by molar-refractivity contribution is 0.111. The van der Waals surface area contributed by atoms with Gasteiger partial charge >= 0.3 is 0 Å². The van der Waals surface area contributed by atoms with Gasteiger partial charge in [0.2, 0.25) is 11.8 Å². The van der Waals surface area contributed by atoms with Crippen LogP contribution in [0.15, 0.2) is 0 Å². The van der Waals surface area contributed by atoms with E-state index in [1.54, 1.807) is 4.68 Å². The molecule has 0 radical (unpaired) electrons. The van der Waals surface area contributed by atoms with Gasteiger partial charge in [0, 0.05) is 6.54 Å². The summed E-state index contributed by atoms with van der Waals surface area (Å²) >= 11 is 0. The first-order chi connectivity index (χ1) is 4.90. The number of aromatic nitrogens is 3. The average molecular weight is 138 g/mol. The number of rotatable bonds is 1. The van der Waals surface area contributed by atoms with Crippen molar-refractivity contribution < 1.29 is 4.79 Å². The molecule has 1 aromatic rings. The minimum absolute atomic E-state index is 0.252. The van der Waals surface area contributed by atoms with Crippen LogP contribution < -0.4 is 5.32 Å². The van der Waals surface area contributed by atoms with E-state index in [2.05, 4.69) is 15.4 Å². The van der Waals surface area contributed by atoms with E-state index in [1.807, 2.05) is 0 Å². The van der Waals surface area contributed by atoms with Crippen LogP contribution in [0.5, 0.6) is 0 Å². The Morgan fingerprint density at radius 1 is 1.70 bits per heavy atom. The summed E-state index contributed by atoms with van der Waals surface area (Å²) < 4.78 is 1.68. The zero-order valence-corrected chi connectivity index (χ0v) is 5.24. The molecule has 0 bridgehead atoms. The topological polar surface area (TPSA) is 59.8 Å². The molecule has 1 aromatic heterocycles. The molecule has 52 valence electrons. The number of aldehydes is 1. The summed E-state index contributed by atoms with van der Waals surface area (Å²) in [6.07, 6.45) is 0.646. The minimum Gasteiger partial charge on any atom is -0.353 e. The molecular weight excluding hydrogens is 132 g/mol. The highest BCUT2D eigenvalue weighted by Crippen LogP contribution is 2.08. The quantitative estimate of drug-likeness (QED) is 0.532. The van der Waals surface area contributed by atoms with Crippen LogP contribution in [0, 0.1) is 0 Å². The maximum atomic E-state index is 10.1. The number of hydrogen-bond donors (Lipinski definition) is 1. The van der Waals surface area contributed by atoms with Crippen molar-refractivity contribution in [1.29, 1.82) is 0 Å². The van der Waals surface area contributed by atoms with Crippen molar-refractivity contribution in [2.75, 3.05) is 11.9 Å². The second kappa shape index (κ2) is 1.80. The van der Waals surface area contributed by atoms with Crippen molar-refractivity contribution in [3.63, 3.8) is 0 Å². The Labute approximate surface area is 57.1 Å². The smallest absolute Gasteiger partial charge is 0.221 e. The number of fused-ring (bicyclic) bond motifs is 1. The molecule has 5 nitrogen and oxygen atoms in total.